The summed E-state index contributed by atoms with van der Waals surface area (Å²) in [4.78, 5) is 24.4. The van der Waals surface area contributed by atoms with Crippen LogP contribution in [-0.2, 0) is 19.6 Å². The lowest BCUT2D eigenvalue weighted by Gasteiger charge is -2.29. The standard InChI is InChI=1S/C20H26N4O6S/c21-13-5-4-8-18(20(26)23-27)24(19(25)14-22)31(28,29)17-11-9-16(10-12-17)30-15-6-2-1-3-7-15/h1-3,6-7,9-12,18,27H,4-5,8,13-14,21-22H2,(H,23,26)/t18-/m1/s1. The summed E-state index contributed by atoms with van der Waals surface area (Å²) in [6, 6.07) is 12.8. The first-order valence-corrected chi connectivity index (χ1v) is 11.0. The normalized spacial score (nSPS) is 12.1. The maximum absolute atomic E-state index is 13.2. The molecule has 11 heteroatoms. The van der Waals surface area contributed by atoms with Gasteiger partial charge < -0.3 is 16.2 Å². The van der Waals surface area contributed by atoms with E-state index in [2.05, 4.69) is 0 Å². The van der Waals surface area contributed by atoms with Crippen LogP contribution in [0.25, 0.3) is 0 Å². The van der Waals surface area contributed by atoms with Crippen LogP contribution in [0.2, 0.25) is 0 Å². The van der Waals surface area contributed by atoms with Crippen molar-refractivity contribution in [2.24, 2.45) is 11.5 Å². The van der Waals surface area contributed by atoms with Gasteiger partial charge in [0.2, 0.25) is 0 Å². The number of sulfonamides is 1. The van der Waals surface area contributed by atoms with Crippen molar-refractivity contribution < 1.29 is 28.0 Å². The van der Waals surface area contributed by atoms with Crippen LogP contribution in [0.15, 0.2) is 59.5 Å². The van der Waals surface area contributed by atoms with Gasteiger partial charge in [-0.15, -0.1) is 0 Å². The number of hydroxylamine groups is 1. The van der Waals surface area contributed by atoms with Gasteiger partial charge in [0.15, 0.2) is 0 Å². The molecule has 10 nitrogen and oxygen atoms in total. The van der Waals surface area contributed by atoms with Crippen LogP contribution in [-0.4, -0.2) is 48.9 Å². The van der Waals surface area contributed by atoms with Gasteiger partial charge in [0.05, 0.1) is 11.4 Å². The van der Waals surface area contributed by atoms with Crippen LogP contribution in [0, 0.1) is 0 Å². The largest absolute Gasteiger partial charge is 0.457 e. The number of nitrogens with two attached hydrogens (primary N) is 2. The van der Waals surface area contributed by atoms with Crippen molar-refractivity contribution in [1.82, 2.24) is 9.79 Å². The molecule has 0 fully saturated rings. The molecule has 6 N–H and O–H groups in total. The van der Waals surface area contributed by atoms with Gasteiger partial charge in [-0.3, -0.25) is 14.8 Å². The maximum atomic E-state index is 13.2. The number of para-hydroxylation sites is 1. The lowest BCUT2D eigenvalue weighted by molar-refractivity contribution is -0.139. The van der Waals surface area contributed by atoms with E-state index in [0.29, 0.717) is 35.2 Å². The Kier molecular flexibility index (Phi) is 8.94. The molecule has 0 aliphatic carbocycles. The lowest BCUT2D eigenvalue weighted by atomic mass is 10.1. The summed E-state index contributed by atoms with van der Waals surface area (Å²) in [5, 5.41) is 9.07. The van der Waals surface area contributed by atoms with Gasteiger partial charge in [0.25, 0.3) is 21.8 Å². The smallest absolute Gasteiger partial charge is 0.267 e. The average Bonchev–Trinajstić information content (AvgIpc) is 2.78. The summed E-state index contributed by atoms with van der Waals surface area (Å²) in [7, 11) is -4.45. The van der Waals surface area contributed by atoms with E-state index >= 15 is 0 Å². The van der Waals surface area contributed by atoms with Crippen LogP contribution in [0.1, 0.15) is 19.3 Å². The number of nitrogens with zero attached hydrogens (tertiary/aromatic N) is 1. The molecule has 0 heterocycles. The van der Waals surface area contributed by atoms with Crippen molar-refractivity contribution in [3.63, 3.8) is 0 Å². The second kappa shape index (κ2) is 11.4. The highest BCUT2D eigenvalue weighted by molar-refractivity contribution is 7.89. The van der Waals surface area contributed by atoms with Gasteiger partial charge in [0, 0.05) is 0 Å². The van der Waals surface area contributed by atoms with E-state index in [9.17, 15) is 18.0 Å². The zero-order valence-electron chi connectivity index (χ0n) is 16.8. The molecule has 0 radical (unpaired) electrons. The average molecular weight is 451 g/mol. The number of amides is 2. The van der Waals surface area contributed by atoms with E-state index in [1.54, 1.807) is 24.3 Å². The third kappa shape index (κ3) is 6.25. The minimum Gasteiger partial charge on any atom is -0.457 e. The Balaban J connectivity index is 2.35. The SMILES string of the molecule is NCCCC[C@H](C(=O)NO)N(C(=O)CN)S(=O)(=O)c1ccc(Oc2ccccc2)cc1. The van der Waals surface area contributed by atoms with Crippen molar-refractivity contribution in [3.8, 4) is 11.5 Å². The molecule has 0 aliphatic rings. The molecule has 0 saturated heterocycles. The van der Waals surface area contributed by atoms with Crippen LogP contribution in [0.3, 0.4) is 0 Å². The monoisotopic (exact) mass is 450 g/mol. The summed E-state index contributed by atoms with van der Waals surface area (Å²) in [5.74, 6) is -1.07. The minimum atomic E-state index is -4.45. The number of nitrogens with one attached hydrogen (secondary N) is 1. The third-order valence-electron chi connectivity index (χ3n) is 4.41. The van der Waals surface area contributed by atoms with Gasteiger partial charge in [-0.1, -0.05) is 18.2 Å². The molecule has 2 amide bonds. The first-order chi connectivity index (χ1) is 14.8. The van der Waals surface area contributed by atoms with E-state index in [-0.39, 0.29) is 11.3 Å². The molecule has 0 bridgehead atoms. The maximum Gasteiger partial charge on any atom is 0.267 e. The summed E-state index contributed by atoms with van der Waals surface area (Å²) < 4.78 is 32.5. The number of hydrogen-bond donors (Lipinski definition) is 4. The van der Waals surface area contributed by atoms with Gasteiger partial charge >= 0.3 is 0 Å². The summed E-state index contributed by atoms with van der Waals surface area (Å²) in [6.07, 6.45) is 0.845. The minimum absolute atomic E-state index is 0.0240. The Morgan fingerprint density at radius 1 is 1.00 bits per heavy atom. The Morgan fingerprint density at radius 2 is 1.61 bits per heavy atom. The van der Waals surface area contributed by atoms with E-state index in [4.69, 9.17) is 21.4 Å². The lowest BCUT2D eigenvalue weighted by Crippen LogP contribution is -2.53. The zero-order valence-corrected chi connectivity index (χ0v) is 17.6. The Bertz CT molecular complexity index is 967. The fraction of sp³-hybridized carbons (Fsp3) is 0.300. The summed E-state index contributed by atoms with van der Waals surface area (Å²) in [5.41, 5.74) is 12.3. The molecule has 168 valence electrons. The molecule has 0 saturated carbocycles. The third-order valence-corrected chi connectivity index (χ3v) is 6.25. The van der Waals surface area contributed by atoms with Crippen LogP contribution in [0.5, 0.6) is 11.5 Å². The Hall–Kier alpha value is -2.99. The van der Waals surface area contributed by atoms with Gasteiger partial charge in [0.1, 0.15) is 17.5 Å². The topological polar surface area (TPSA) is 165 Å². The second-order valence-electron chi connectivity index (χ2n) is 6.56. The predicted molar refractivity (Wildman–Crippen MR) is 113 cm³/mol. The number of carbonyl (C=O) groups is 2. The van der Waals surface area contributed by atoms with Crippen molar-refractivity contribution >= 4 is 21.8 Å². The predicted octanol–water partition coefficient (Wildman–Crippen LogP) is 0.958. The van der Waals surface area contributed by atoms with Crippen LogP contribution >= 0.6 is 0 Å². The number of carbonyl (C=O) groups excluding carboxylic acids is 2. The molecule has 0 aromatic heterocycles. The summed E-state index contributed by atoms with van der Waals surface area (Å²) in [6.45, 7) is -0.311. The molecule has 2 aromatic carbocycles. The van der Waals surface area contributed by atoms with Crippen molar-refractivity contribution in [2.45, 2.75) is 30.2 Å². The van der Waals surface area contributed by atoms with Crippen molar-refractivity contribution in [2.75, 3.05) is 13.1 Å². The van der Waals surface area contributed by atoms with Gasteiger partial charge in [-0.2, -0.15) is 0 Å². The van der Waals surface area contributed by atoms with E-state index in [1.165, 1.54) is 29.7 Å². The van der Waals surface area contributed by atoms with Crippen LogP contribution < -0.4 is 21.7 Å². The zero-order chi connectivity index (χ0) is 22.9. The number of rotatable bonds is 11. The van der Waals surface area contributed by atoms with E-state index < -0.39 is 34.4 Å². The molecule has 2 rings (SSSR count). The number of ether oxygens (including phenoxy) is 1. The molecule has 0 spiro atoms. The second-order valence-corrected chi connectivity index (χ2v) is 8.38. The molecule has 1 atom stereocenters. The van der Waals surface area contributed by atoms with Crippen molar-refractivity contribution in [1.29, 1.82) is 0 Å². The first kappa shape index (κ1) is 24.3. The van der Waals surface area contributed by atoms with Gasteiger partial charge in [-0.05, 0) is 62.2 Å². The van der Waals surface area contributed by atoms with E-state index in [0.717, 1.165) is 0 Å². The highest BCUT2D eigenvalue weighted by Crippen LogP contribution is 2.26. The highest BCUT2D eigenvalue weighted by Gasteiger charge is 2.38. The van der Waals surface area contributed by atoms with Crippen LogP contribution in [0.4, 0.5) is 0 Å². The number of hydrogen-bond acceptors (Lipinski definition) is 8. The van der Waals surface area contributed by atoms with E-state index in [1.807, 2.05) is 6.07 Å². The molecular formula is C20H26N4O6S. The molecule has 2 aromatic rings. The van der Waals surface area contributed by atoms with Crippen molar-refractivity contribution in [3.05, 3.63) is 54.6 Å². The van der Waals surface area contributed by atoms with Gasteiger partial charge in [-0.25, -0.2) is 18.2 Å². The summed E-state index contributed by atoms with van der Waals surface area (Å²) >= 11 is 0. The molecule has 0 unspecified atom stereocenters. The Labute approximate surface area is 180 Å². The number of unbranched alkanes of at least 4 members (excludes halogenated alkanes) is 1. The first-order valence-electron chi connectivity index (χ1n) is 9.59. The fourth-order valence-electron chi connectivity index (χ4n) is 2.89. The fourth-order valence-corrected chi connectivity index (χ4v) is 4.48. The highest BCUT2D eigenvalue weighted by atomic mass is 32.2. The Morgan fingerprint density at radius 3 is 2.16 bits per heavy atom. The molecule has 0 aliphatic heterocycles. The molecular weight excluding hydrogens is 424 g/mol. The number of benzene rings is 2. The molecule has 31 heavy (non-hydrogen) atoms. The quantitative estimate of drug-likeness (QED) is 0.223.